The first-order valence-electron chi connectivity index (χ1n) is 7.75. The van der Waals surface area contributed by atoms with Crippen molar-refractivity contribution in [2.45, 2.75) is 63.1 Å². The smallest absolute Gasteiger partial charge is 0.0359 e. The fourth-order valence-corrected chi connectivity index (χ4v) is 4.89. The lowest BCUT2D eigenvalue weighted by molar-refractivity contribution is 0.117. The molecule has 1 unspecified atom stereocenters. The molecular weight excluding hydrogens is 252 g/mol. The highest BCUT2D eigenvalue weighted by Crippen LogP contribution is 2.39. The van der Waals surface area contributed by atoms with Crippen molar-refractivity contribution in [2.24, 2.45) is 0 Å². The van der Waals surface area contributed by atoms with Gasteiger partial charge in [-0.25, -0.2) is 0 Å². The third-order valence-electron chi connectivity index (χ3n) is 5.19. The summed E-state index contributed by atoms with van der Waals surface area (Å²) in [4.78, 5) is 4.34. The van der Waals surface area contributed by atoms with Gasteiger partial charge in [-0.3, -0.25) is 4.90 Å². The Morgan fingerprint density at radius 2 is 2.00 bits per heavy atom. The van der Waals surface area contributed by atoms with Crippen molar-refractivity contribution >= 4 is 11.3 Å². The molecule has 1 aromatic heterocycles. The molecule has 0 bridgehead atoms. The van der Waals surface area contributed by atoms with Crippen LogP contribution >= 0.6 is 11.3 Å². The molecule has 1 fully saturated rings. The highest BCUT2D eigenvalue weighted by atomic mass is 32.1. The number of aryl methyl sites for hydroxylation is 1. The lowest BCUT2D eigenvalue weighted by atomic mass is 9.86. The summed E-state index contributed by atoms with van der Waals surface area (Å²) in [6, 6.07) is 4.61. The van der Waals surface area contributed by atoms with Gasteiger partial charge in [-0.1, -0.05) is 0 Å². The summed E-state index contributed by atoms with van der Waals surface area (Å²) >= 11 is 1.96. The number of hydrogen-bond acceptors (Lipinski definition) is 3. The van der Waals surface area contributed by atoms with Gasteiger partial charge in [0.05, 0.1) is 0 Å². The maximum atomic E-state index is 3.44. The van der Waals surface area contributed by atoms with Crippen LogP contribution in [0, 0.1) is 0 Å². The molecule has 2 aliphatic rings. The van der Waals surface area contributed by atoms with Gasteiger partial charge in [0.15, 0.2) is 0 Å². The maximum absolute atomic E-state index is 3.44. The zero-order chi connectivity index (χ0) is 13.2. The summed E-state index contributed by atoms with van der Waals surface area (Å²) in [5.41, 5.74) is 1.63. The lowest BCUT2D eigenvalue weighted by Crippen LogP contribution is -2.42. The lowest BCUT2D eigenvalue weighted by Gasteiger charge is -2.40. The molecule has 0 amide bonds. The third-order valence-corrected chi connectivity index (χ3v) is 6.19. The number of rotatable bonds is 3. The molecule has 0 radical (unpaired) electrons. The largest absolute Gasteiger partial charge is 0.317 e. The molecule has 19 heavy (non-hydrogen) atoms. The van der Waals surface area contributed by atoms with Gasteiger partial charge in [0.25, 0.3) is 0 Å². The Hall–Kier alpha value is -0.380. The van der Waals surface area contributed by atoms with Crippen molar-refractivity contribution in [3.8, 4) is 0 Å². The Kier molecular flexibility index (Phi) is 4.25. The second-order valence-electron chi connectivity index (χ2n) is 6.17. The molecular formula is C16H26N2S. The molecule has 3 rings (SSSR count). The van der Waals surface area contributed by atoms with Gasteiger partial charge < -0.3 is 5.32 Å². The fourth-order valence-electron chi connectivity index (χ4n) is 3.91. The van der Waals surface area contributed by atoms with Gasteiger partial charge in [-0.05, 0) is 76.1 Å². The van der Waals surface area contributed by atoms with E-state index in [4.69, 9.17) is 0 Å². The second-order valence-corrected chi connectivity index (χ2v) is 7.17. The monoisotopic (exact) mass is 278 g/mol. The first-order valence-corrected chi connectivity index (χ1v) is 8.63. The predicted octanol–water partition coefficient (Wildman–Crippen LogP) is 3.59. The first-order chi connectivity index (χ1) is 9.29. The van der Waals surface area contributed by atoms with E-state index in [9.17, 15) is 0 Å². The zero-order valence-corrected chi connectivity index (χ0v) is 13.0. The molecule has 1 heterocycles. The predicted molar refractivity (Wildman–Crippen MR) is 82.9 cm³/mol. The summed E-state index contributed by atoms with van der Waals surface area (Å²) in [6.45, 7) is 0. The van der Waals surface area contributed by atoms with Gasteiger partial charge in [-0.15, -0.1) is 11.3 Å². The van der Waals surface area contributed by atoms with Crippen LogP contribution in [0.5, 0.6) is 0 Å². The third kappa shape index (κ3) is 2.74. The van der Waals surface area contributed by atoms with Crippen molar-refractivity contribution in [1.82, 2.24) is 10.2 Å². The molecule has 0 aliphatic heterocycles. The zero-order valence-electron chi connectivity index (χ0n) is 12.2. The molecule has 3 heteroatoms. The summed E-state index contributed by atoms with van der Waals surface area (Å²) in [7, 11) is 4.47. The van der Waals surface area contributed by atoms with E-state index in [2.05, 4.69) is 35.8 Å². The maximum Gasteiger partial charge on any atom is 0.0359 e. The Morgan fingerprint density at radius 3 is 2.74 bits per heavy atom. The van der Waals surface area contributed by atoms with E-state index in [1.165, 1.54) is 44.9 Å². The van der Waals surface area contributed by atoms with Crippen molar-refractivity contribution in [3.63, 3.8) is 0 Å². The highest BCUT2D eigenvalue weighted by molar-refractivity contribution is 7.10. The molecule has 0 saturated heterocycles. The molecule has 2 nitrogen and oxygen atoms in total. The fraction of sp³-hybridized carbons (Fsp3) is 0.750. The van der Waals surface area contributed by atoms with E-state index in [-0.39, 0.29) is 0 Å². The van der Waals surface area contributed by atoms with Crippen molar-refractivity contribution < 1.29 is 0 Å². The van der Waals surface area contributed by atoms with Crippen LogP contribution in [0.15, 0.2) is 11.4 Å². The molecule has 0 aromatic carbocycles. The van der Waals surface area contributed by atoms with E-state index in [0.29, 0.717) is 6.04 Å². The topological polar surface area (TPSA) is 15.3 Å². The van der Waals surface area contributed by atoms with Crippen LogP contribution < -0.4 is 5.32 Å². The van der Waals surface area contributed by atoms with Crippen LogP contribution in [-0.4, -0.2) is 31.1 Å². The van der Waals surface area contributed by atoms with Crippen LogP contribution in [0.2, 0.25) is 0 Å². The minimum Gasteiger partial charge on any atom is -0.317 e. The van der Waals surface area contributed by atoms with Crippen LogP contribution in [0.25, 0.3) is 0 Å². The Bertz CT molecular complexity index is 407. The van der Waals surface area contributed by atoms with Crippen LogP contribution in [0.4, 0.5) is 0 Å². The average Bonchev–Trinajstić information content (AvgIpc) is 2.95. The number of nitrogens with one attached hydrogen (secondary N) is 1. The SMILES string of the molecule is CNC1CCC(N(C)C2CCCc3sccc32)CC1. The van der Waals surface area contributed by atoms with Gasteiger partial charge >= 0.3 is 0 Å². The van der Waals surface area contributed by atoms with E-state index in [0.717, 1.165) is 12.1 Å². The van der Waals surface area contributed by atoms with Gasteiger partial charge in [-0.2, -0.15) is 0 Å². The molecule has 1 aromatic rings. The summed E-state index contributed by atoms with van der Waals surface area (Å²) in [6.07, 6.45) is 9.43. The van der Waals surface area contributed by atoms with Gasteiger partial charge in [0.2, 0.25) is 0 Å². The molecule has 1 atom stereocenters. The Labute approximate surface area is 121 Å². The van der Waals surface area contributed by atoms with E-state index >= 15 is 0 Å². The molecule has 1 N–H and O–H groups in total. The van der Waals surface area contributed by atoms with Gasteiger partial charge in [0, 0.05) is 23.0 Å². The van der Waals surface area contributed by atoms with E-state index < -0.39 is 0 Å². The van der Waals surface area contributed by atoms with Crippen LogP contribution in [0.1, 0.15) is 55.0 Å². The molecule has 2 aliphatic carbocycles. The molecule has 1 saturated carbocycles. The molecule has 0 spiro atoms. The normalized spacial score (nSPS) is 31.4. The highest BCUT2D eigenvalue weighted by Gasteiger charge is 2.31. The summed E-state index contributed by atoms with van der Waals surface area (Å²) in [5.74, 6) is 0. The van der Waals surface area contributed by atoms with E-state index in [1.54, 1.807) is 10.4 Å². The average molecular weight is 278 g/mol. The van der Waals surface area contributed by atoms with Crippen molar-refractivity contribution in [1.29, 1.82) is 0 Å². The number of fused-ring (bicyclic) bond motifs is 1. The van der Waals surface area contributed by atoms with Crippen molar-refractivity contribution in [3.05, 3.63) is 21.9 Å². The minimum absolute atomic E-state index is 0.686. The summed E-state index contributed by atoms with van der Waals surface area (Å²) < 4.78 is 0. The first kappa shape index (κ1) is 13.6. The number of nitrogens with zero attached hydrogens (tertiary/aromatic N) is 1. The summed E-state index contributed by atoms with van der Waals surface area (Å²) in [5, 5.41) is 5.72. The van der Waals surface area contributed by atoms with Gasteiger partial charge in [0.1, 0.15) is 0 Å². The Balaban J connectivity index is 1.67. The Morgan fingerprint density at radius 1 is 1.21 bits per heavy atom. The molecule has 106 valence electrons. The van der Waals surface area contributed by atoms with Crippen LogP contribution in [0.3, 0.4) is 0 Å². The number of thiophene rings is 1. The standard InChI is InChI=1S/C16H26N2S/c1-17-12-6-8-13(9-7-12)18(2)15-4-3-5-16-14(15)10-11-19-16/h10-13,15,17H,3-9H2,1-2H3. The van der Waals surface area contributed by atoms with Crippen molar-refractivity contribution in [2.75, 3.05) is 14.1 Å². The second kappa shape index (κ2) is 5.94. The number of hydrogen-bond donors (Lipinski definition) is 1. The minimum atomic E-state index is 0.686. The quantitative estimate of drug-likeness (QED) is 0.909. The van der Waals surface area contributed by atoms with E-state index in [1.807, 2.05) is 11.3 Å². The van der Waals surface area contributed by atoms with Crippen LogP contribution in [-0.2, 0) is 6.42 Å².